The van der Waals surface area contributed by atoms with Crippen LogP contribution in [0.1, 0.15) is 32.6 Å². The lowest BCUT2D eigenvalue weighted by molar-refractivity contribution is 0.123. The summed E-state index contributed by atoms with van der Waals surface area (Å²) < 4.78 is 5.43. The van der Waals surface area contributed by atoms with Gasteiger partial charge in [-0.2, -0.15) is 0 Å². The van der Waals surface area contributed by atoms with Gasteiger partial charge in [0.15, 0.2) is 0 Å². The number of hydrogen-bond donors (Lipinski definition) is 2. The fourth-order valence-corrected chi connectivity index (χ4v) is 5.04. The van der Waals surface area contributed by atoms with Gasteiger partial charge in [0.25, 0.3) is 0 Å². The number of rotatable bonds is 4. The van der Waals surface area contributed by atoms with Crippen LogP contribution < -0.4 is 15.5 Å². The van der Waals surface area contributed by atoms with Crippen LogP contribution in [0.5, 0.6) is 0 Å². The van der Waals surface area contributed by atoms with Gasteiger partial charge < -0.3 is 20.3 Å². The van der Waals surface area contributed by atoms with E-state index in [0.29, 0.717) is 5.92 Å². The number of nitrogens with zero attached hydrogens (tertiary/aromatic N) is 1. The zero-order valence-corrected chi connectivity index (χ0v) is 15.0. The normalized spacial score (nSPS) is 29.5. The van der Waals surface area contributed by atoms with Crippen LogP contribution in [0.4, 0.5) is 16.2 Å². The third kappa shape index (κ3) is 3.61. The number of anilines is 2. The summed E-state index contributed by atoms with van der Waals surface area (Å²) in [4.78, 5) is 14.8. The van der Waals surface area contributed by atoms with Gasteiger partial charge in [-0.15, -0.1) is 0 Å². The molecule has 3 aliphatic rings. The minimum atomic E-state index is -0.0871. The van der Waals surface area contributed by atoms with Gasteiger partial charge in [-0.3, -0.25) is 0 Å². The summed E-state index contributed by atoms with van der Waals surface area (Å²) in [5.41, 5.74) is 1.95. The van der Waals surface area contributed by atoms with Crippen molar-refractivity contribution in [3.63, 3.8) is 0 Å². The predicted molar refractivity (Wildman–Crippen MR) is 100 cm³/mol. The number of para-hydroxylation sites is 2. The average Bonchev–Trinajstić information content (AvgIpc) is 3.26. The molecule has 5 heteroatoms. The molecule has 2 N–H and O–H groups in total. The largest absolute Gasteiger partial charge is 0.378 e. The van der Waals surface area contributed by atoms with Gasteiger partial charge in [-0.25, -0.2) is 4.79 Å². The monoisotopic (exact) mass is 343 g/mol. The first-order valence-corrected chi connectivity index (χ1v) is 9.70. The fourth-order valence-electron chi connectivity index (χ4n) is 5.04. The van der Waals surface area contributed by atoms with Crippen LogP contribution in [0.2, 0.25) is 0 Å². The maximum atomic E-state index is 12.6. The summed E-state index contributed by atoms with van der Waals surface area (Å²) in [5.74, 6) is 2.38. The standard InChI is InChI=1S/C20H29N3O2/c1-14(17-13-15-6-7-16(17)12-15)21-20(24)22-18-4-2-3-5-19(18)23-8-10-25-11-9-23/h2-5,14-17H,6-13H2,1H3,(H2,21,22,24). The van der Waals surface area contributed by atoms with Gasteiger partial charge in [0.05, 0.1) is 24.6 Å². The molecule has 4 unspecified atom stereocenters. The molecule has 0 spiro atoms. The Bertz CT molecular complexity index is 615. The number of urea groups is 1. The summed E-state index contributed by atoms with van der Waals surface area (Å²) in [5, 5.41) is 6.27. The zero-order chi connectivity index (χ0) is 17.2. The summed E-state index contributed by atoms with van der Waals surface area (Å²) in [7, 11) is 0. The lowest BCUT2D eigenvalue weighted by Gasteiger charge is -2.31. The number of ether oxygens (including phenoxy) is 1. The van der Waals surface area contributed by atoms with E-state index in [9.17, 15) is 4.79 Å². The van der Waals surface area contributed by atoms with Gasteiger partial charge in [-0.05, 0) is 56.1 Å². The lowest BCUT2D eigenvalue weighted by atomic mass is 9.84. The Morgan fingerprint density at radius 1 is 1.20 bits per heavy atom. The van der Waals surface area contributed by atoms with Crippen LogP contribution in [-0.4, -0.2) is 38.4 Å². The Balaban J connectivity index is 1.37. The molecule has 2 amide bonds. The molecule has 4 rings (SSSR count). The first kappa shape index (κ1) is 16.7. The second-order valence-corrected chi connectivity index (χ2v) is 7.84. The molecule has 2 aliphatic carbocycles. The number of amides is 2. The first-order valence-electron chi connectivity index (χ1n) is 9.70. The number of carbonyl (C=O) groups is 1. The summed E-state index contributed by atoms with van der Waals surface area (Å²) in [6.07, 6.45) is 5.41. The predicted octanol–water partition coefficient (Wildman–Crippen LogP) is 3.47. The summed E-state index contributed by atoms with van der Waals surface area (Å²) >= 11 is 0. The molecular weight excluding hydrogens is 314 g/mol. The molecule has 1 aromatic rings. The minimum absolute atomic E-state index is 0.0871. The number of hydrogen-bond acceptors (Lipinski definition) is 3. The Labute approximate surface area is 150 Å². The van der Waals surface area contributed by atoms with Gasteiger partial charge >= 0.3 is 6.03 Å². The highest BCUT2D eigenvalue weighted by atomic mass is 16.5. The molecule has 1 aromatic carbocycles. The lowest BCUT2D eigenvalue weighted by Crippen LogP contribution is -2.42. The van der Waals surface area contributed by atoms with E-state index in [4.69, 9.17) is 4.74 Å². The van der Waals surface area contributed by atoms with E-state index in [2.05, 4.69) is 28.5 Å². The Morgan fingerprint density at radius 3 is 2.72 bits per heavy atom. The fraction of sp³-hybridized carbons (Fsp3) is 0.650. The highest BCUT2D eigenvalue weighted by Gasteiger charge is 2.42. The molecule has 4 atom stereocenters. The van der Waals surface area contributed by atoms with Crippen LogP contribution >= 0.6 is 0 Å². The molecule has 3 fully saturated rings. The van der Waals surface area contributed by atoms with Crippen LogP contribution in [0, 0.1) is 17.8 Å². The molecule has 2 bridgehead atoms. The van der Waals surface area contributed by atoms with E-state index in [1.54, 1.807) is 0 Å². The van der Waals surface area contributed by atoms with Crippen molar-refractivity contribution in [3.05, 3.63) is 24.3 Å². The molecule has 25 heavy (non-hydrogen) atoms. The molecule has 1 aliphatic heterocycles. The van der Waals surface area contributed by atoms with Crippen molar-refractivity contribution < 1.29 is 9.53 Å². The van der Waals surface area contributed by atoms with Gasteiger partial charge in [0, 0.05) is 19.1 Å². The van der Waals surface area contributed by atoms with Crippen LogP contribution in [-0.2, 0) is 4.74 Å². The van der Waals surface area contributed by atoms with E-state index in [-0.39, 0.29) is 12.1 Å². The topological polar surface area (TPSA) is 53.6 Å². The van der Waals surface area contributed by atoms with Crippen molar-refractivity contribution in [3.8, 4) is 0 Å². The molecule has 2 saturated carbocycles. The molecule has 1 saturated heterocycles. The van der Waals surface area contributed by atoms with Crippen LogP contribution in [0.15, 0.2) is 24.3 Å². The highest BCUT2D eigenvalue weighted by molar-refractivity contribution is 5.93. The maximum Gasteiger partial charge on any atom is 0.319 e. The SMILES string of the molecule is CC(NC(=O)Nc1ccccc1N1CCOCC1)C1CC2CCC1C2. The van der Waals surface area contributed by atoms with Crippen molar-refractivity contribution in [1.29, 1.82) is 0 Å². The maximum absolute atomic E-state index is 12.6. The molecule has 0 aromatic heterocycles. The third-order valence-corrected chi connectivity index (χ3v) is 6.30. The van der Waals surface area contributed by atoms with Crippen molar-refractivity contribution in [2.75, 3.05) is 36.5 Å². The highest BCUT2D eigenvalue weighted by Crippen LogP contribution is 2.49. The van der Waals surface area contributed by atoms with Crippen LogP contribution in [0.3, 0.4) is 0 Å². The Hall–Kier alpha value is -1.75. The Morgan fingerprint density at radius 2 is 2.00 bits per heavy atom. The van der Waals surface area contributed by atoms with Crippen molar-refractivity contribution in [1.82, 2.24) is 5.32 Å². The van der Waals surface area contributed by atoms with Crippen molar-refractivity contribution >= 4 is 17.4 Å². The molecule has 136 valence electrons. The number of carbonyl (C=O) groups excluding carboxylic acids is 1. The second-order valence-electron chi connectivity index (χ2n) is 7.84. The smallest absolute Gasteiger partial charge is 0.319 e. The van der Waals surface area contributed by atoms with Crippen molar-refractivity contribution in [2.45, 2.75) is 38.6 Å². The van der Waals surface area contributed by atoms with E-state index in [1.165, 1.54) is 25.7 Å². The molecule has 0 radical (unpaired) electrons. The molecule has 1 heterocycles. The van der Waals surface area contributed by atoms with E-state index >= 15 is 0 Å². The number of benzene rings is 1. The van der Waals surface area contributed by atoms with Crippen molar-refractivity contribution in [2.24, 2.45) is 17.8 Å². The number of fused-ring (bicyclic) bond motifs is 2. The van der Waals surface area contributed by atoms with Gasteiger partial charge in [0.2, 0.25) is 0 Å². The van der Waals surface area contributed by atoms with E-state index in [0.717, 1.165) is 49.5 Å². The zero-order valence-electron chi connectivity index (χ0n) is 15.0. The first-order chi connectivity index (χ1) is 12.2. The summed E-state index contributed by atoms with van der Waals surface area (Å²) in [6.45, 7) is 5.37. The quantitative estimate of drug-likeness (QED) is 0.880. The number of morpholine rings is 1. The van der Waals surface area contributed by atoms with Gasteiger partial charge in [-0.1, -0.05) is 18.6 Å². The molecular formula is C20H29N3O2. The Kier molecular flexibility index (Phi) is 4.84. The summed E-state index contributed by atoms with van der Waals surface area (Å²) in [6, 6.07) is 8.19. The third-order valence-electron chi connectivity index (χ3n) is 6.30. The minimum Gasteiger partial charge on any atom is -0.378 e. The van der Waals surface area contributed by atoms with Crippen LogP contribution in [0.25, 0.3) is 0 Å². The average molecular weight is 343 g/mol. The van der Waals surface area contributed by atoms with E-state index in [1.807, 2.05) is 18.2 Å². The molecule has 5 nitrogen and oxygen atoms in total. The van der Waals surface area contributed by atoms with Gasteiger partial charge in [0.1, 0.15) is 0 Å². The second kappa shape index (κ2) is 7.24. The number of nitrogens with one attached hydrogen (secondary N) is 2. The van der Waals surface area contributed by atoms with E-state index < -0.39 is 0 Å².